The first-order valence-corrected chi connectivity index (χ1v) is 12.9. The summed E-state index contributed by atoms with van der Waals surface area (Å²) in [4.78, 5) is 13.8. The molecule has 10 heteroatoms. The number of aromatic nitrogens is 3. The van der Waals surface area contributed by atoms with E-state index >= 15 is 0 Å². The summed E-state index contributed by atoms with van der Waals surface area (Å²) >= 11 is 8.90. The number of nitriles is 1. The zero-order chi connectivity index (χ0) is 23.4. The summed E-state index contributed by atoms with van der Waals surface area (Å²) in [7, 11) is 1.84. The number of thioether (sulfide) groups is 1. The van der Waals surface area contributed by atoms with Crippen LogP contribution in [0.15, 0.2) is 23.4 Å². The molecule has 2 aromatic heterocycles. The molecule has 1 amide bonds. The van der Waals surface area contributed by atoms with E-state index in [1.165, 1.54) is 23.1 Å². The van der Waals surface area contributed by atoms with Gasteiger partial charge in [-0.3, -0.25) is 4.79 Å². The van der Waals surface area contributed by atoms with Crippen molar-refractivity contribution in [2.75, 3.05) is 11.1 Å². The largest absolute Gasteiger partial charge is 0.486 e. The van der Waals surface area contributed by atoms with Gasteiger partial charge in [0.1, 0.15) is 23.4 Å². The summed E-state index contributed by atoms with van der Waals surface area (Å²) in [6, 6.07) is 7.78. The van der Waals surface area contributed by atoms with Gasteiger partial charge in [-0.05, 0) is 61.9 Å². The molecule has 0 saturated heterocycles. The lowest BCUT2D eigenvalue weighted by Crippen LogP contribution is -2.14. The van der Waals surface area contributed by atoms with Crippen LogP contribution in [0, 0.1) is 18.3 Å². The Morgan fingerprint density at radius 3 is 2.94 bits per heavy atom. The second-order valence-corrected chi connectivity index (χ2v) is 10.3. The van der Waals surface area contributed by atoms with Crippen LogP contribution >= 0.6 is 34.7 Å². The third-order valence-corrected chi connectivity index (χ3v) is 8.19. The van der Waals surface area contributed by atoms with Gasteiger partial charge in [0.2, 0.25) is 5.91 Å². The van der Waals surface area contributed by atoms with Crippen molar-refractivity contribution in [3.8, 4) is 11.8 Å². The van der Waals surface area contributed by atoms with Gasteiger partial charge in [-0.15, -0.1) is 21.5 Å². The van der Waals surface area contributed by atoms with Crippen molar-refractivity contribution in [2.45, 2.75) is 50.8 Å². The Balaban J connectivity index is 1.34. The summed E-state index contributed by atoms with van der Waals surface area (Å²) in [5, 5.41) is 22.9. The lowest BCUT2D eigenvalue weighted by atomic mass is 10.1. The van der Waals surface area contributed by atoms with Gasteiger partial charge >= 0.3 is 0 Å². The minimum absolute atomic E-state index is 0.162. The third-order valence-electron chi connectivity index (χ3n) is 5.54. The molecule has 4 rings (SSSR count). The average molecular weight is 502 g/mol. The van der Waals surface area contributed by atoms with Crippen molar-refractivity contribution in [3.05, 3.63) is 50.6 Å². The normalized spacial score (nSPS) is 13.2. The van der Waals surface area contributed by atoms with Crippen LogP contribution in [0.4, 0.5) is 5.00 Å². The molecule has 0 radical (unpaired) electrons. The van der Waals surface area contributed by atoms with Crippen molar-refractivity contribution in [2.24, 2.45) is 7.05 Å². The van der Waals surface area contributed by atoms with Crippen molar-refractivity contribution < 1.29 is 9.53 Å². The van der Waals surface area contributed by atoms with E-state index in [4.69, 9.17) is 16.3 Å². The number of anilines is 1. The van der Waals surface area contributed by atoms with E-state index in [2.05, 4.69) is 21.6 Å². The SMILES string of the molecule is Cc1cc(OCc2nnc(SCC(=O)Nc3sc4c(c3C#N)CCCCC4)n2C)ccc1Cl. The van der Waals surface area contributed by atoms with Crippen molar-refractivity contribution in [3.63, 3.8) is 0 Å². The van der Waals surface area contributed by atoms with Gasteiger partial charge < -0.3 is 14.6 Å². The molecule has 2 heterocycles. The summed E-state index contributed by atoms with van der Waals surface area (Å²) in [5.41, 5.74) is 2.69. The van der Waals surface area contributed by atoms with E-state index in [9.17, 15) is 10.1 Å². The van der Waals surface area contributed by atoms with E-state index in [1.807, 2.05) is 30.7 Å². The monoisotopic (exact) mass is 501 g/mol. The van der Waals surface area contributed by atoms with E-state index < -0.39 is 0 Å². The van der Waals surface area contributed by atoms with E-state index in [1.54, 1.807) is 17.4 Å². The maximum absolute atomic E-state index is 12.6. The molecule has 0 fully saturated rings. The molecule has 0 atom stereocenters. The predicted molar refractivity (Wildman–Crippen MR) is 131 cm³/mol. The topological polar surface area (TPSA) is 92.8 Å². The first-order valence-electron chi connectivity index (χ1n) is 10.7. The summed E-state index contributed by atoms with van der Waals surface area (Å²) in [6.45, 7) is 2.17. The maximum atomic E-state index is 12.6. The highest BCUT2D eigenvalue weighted by atomic mass is 35.5. The van der Waals surface area contributed by atoms with Crippen LogP contribution in [0.2, 0.25) is 5.02 Å². The predicted octanol–water partition coefficient (Wildman–Crippen LogP) is 5.29. The van der Waals surface area contributed by atoms with Crippen molar-refractivity contribution in [1.82, 2.24) is 14.8 Å². The number of nitrogens with zero attached hydrogens (tertiary/aromatic N) is 4. The molecule has 7 nitrogen and oxygen atoms in total. The fraction of sp³-hybridized carbons (Fsp3) is 0.391. The van der Waals surface area contributed by atoms with E-state index in [-0.39, 0.29) is 18.3 Å². The van der Waals surface area contributed by atoms with Crippen LogP contribution in [0.5, 0.6) is 5.75 Å². The molecule has 0 saturated carbocycles. The van der Waals surface area contributed by atoms with Crippen LogP contribution in [0.25, 0.3) is 0 Å². The first-order chi connectivity index (χ1) is 16.0. The molecule has 3 aromatic rings. The van der Waals surface area contributed by atoms with Gasteiger partial charge in [0.05, 0.1) is 11.3 Å². The molecule has 33 heavy (non-hydrogen) atoms. The molecule has 0 unspecified atom stereocenters. The Kier molecular flexibility index (Phi) is 7.58. The summed E-state index contributed by atoms with van der Waals surface area (Å²) in [5.74, 6) is 1.37. The molecule has 0 aliphatic heterocycles. The lowest BCUT2D eigenvalue weighted by Gasteiger charge is -2.08. The Hall–Kier alpha value is -2.54. The molecule has 1 aliphatic rings. The van der Waals surface area contributed by atoms with E-state index in [0.29, 0.717) is 32.3 Å². The summed E-state index contributed by atoms with van der Waals surface area (Å²) < 4.78 is 7.62. The number of amides is 1. The number of carbonyl (C=O) groups is 1. The number of hydrogen-bond acceptors (Lipinski definition) is 7. The smallest absolute Gasteiger partial charge is 0.235 e. The van der Waals surface area contributed by atoms with Crippen LogP contribution in [-0.4, -0.2) is 26.4 Å². The van der Waals surface area contributed by atoms with Gasteiger partial charge in [0, 0.05) is 16.9 Å². The minimum Gasteiger partial charge on any atom is -0.486 e. The molecule has 0 bridgehead atoms. The van der Waals surface area contributed by atoms with Crippen LogP contribution in [0.3, 0.4) is 0 Å². The third kappa shape index (κ3) is 5.52. The zero-order valence-electron chi connectivity index (χ0n) is 18.5. The molecule has 1 aromatic carbocycles. The minimum atomic E-state index is -0.162. The number of thiophene rings is 1. The standard InChI is InChI=1S/C23H24ClN5O2S2/c1-14-10-15(8-9-18(14)24)31-12-20-27-28-23(29(20)2)32-13-21(30)26-22-17(11-25)16-6-4-3-5-7-19(16)33-22/h8-10H,3-7,12-13H2,1-2H3,(H,26,30). The number of benzene rings is 1. The lowest BCUT2D eigenvalue weighted by molar-refractivity contribution is -0.113. The number of halogens is 1. The molecule has 1 N–H and O–H groups in total. The molecule has 1 aliphatic carbocycles. The van der Waals surface area contributed by atoms with Crippen LogP contribution in [-0.2, 0) is 31.3 Å². The summed E-state index contributed by atoms with van der Waals surface area (Å²) in [6.07, 6.45) is 5.32. The maximum Gasteiger partial charge on any atom is 0.235 e. The fourth-order valence-electron chi connectivity index (χ4n) is 3.69. The number of carbonyl (C=O) groups excluding carboxylic acids is 1. The zero-order valence-corrected chi connectivity index (χ0v) is 20.9. The van der Waals surface area contributed by atoms with Gasteiger partial charge in [-0.1, -0.05) is 29.8 Å². The molecule has 172 valence electrons. The van der Waals surface area contributed by atoms with Crippen molar-refractivity contribution in [1.29, 1.82) is 5.26 Å². The van der Waals surface area contributed by atoms with Crippen LogP contribution < -0.4 is 10.1 Å². The van der Waals surface area contributed by atoms with Crippen LogP contribution in [0.1, 0.15) is 46.7 Å². The highest BCUT2D eigenvalue weighted by Crippen LogP contribution is 2.37. The van der Waals surface area contributed by atoms with Gasteiger partial charge in [-0.25, -0.2) is 0 Å². The highest BCUT2D eigenvalue weighted by molar-refractivity contribution is 7.99. The van der Waals surface area contributed by atoms with Crippen molar-refractivity contribution >= 4 is 45.6 Å². The molecule has 0 spiro atoms. The van der Waals surface area contributed by atoms with E-state index in [0.717, 1.165) is 36.8 Å². The van der Waals surface area contributed by atoms with Gasteiger partial charge in [-0.2, -0.15) is 5.26 Å². The fourth-order valence-corrected chi connectivity index (χ4v) is 5.80. The van der Waals surface area contributed by atoms with Gasteiger partial charge in [0.25, 0.3) is 0 Å². The Morgan fingerprint density at radius 2 is 2.15 bits per heavy atom. The average Bonchev–Trinajstić information content (AvgIpc) is 3.22. The Morgan fingerprint density at radius 1 is 1.33 bits per heavy atom. The molecular formula is C23H24ClN5O2S2. The number of fused-ring (bicyclic) bond motifs is 1. The highest BCUT2D eigenvalue weighted by Gasteiger charge is 2.21. The number of aryl methyl sites for hydroxylation is 2. The Bertz CT molecular complexity index is 1210. The second kappa shape index (κ2) is 10.6. The number of hydrogen-bond donors (Lipinski definition) is 1. The van der Waals surface area contributed by atoms with Gasteiger partial charge in [0.15, 0.2) is 11.0 Å². The Labute approximate surface area is 206 Å². The quantitative estimate of drug-likeness (QED) is 0.349. The molecular weight excluding hydrogens is 478 g/mol. The number of ether oxygens (including phenoxy) is 1. The number of nitrogens with one attached hydrogen (secondary N) is 1. The number of rotatable bonds is 7. The first kappa shape index (κ1) is 23.6. The second-order valence-electron chi connectivity index (χ2n) is 7.87.